The van der Waals surface area contributed by atoms with Crippen molar-refractivity contribution in [3.8, 4) is 0 Å². The Morgan fingerprint density at radius 2 is 1.74 bits per heavy atom. The van der Waals surface area contributed by atoms with Crippen LogP contribution in [0.5, 0.6) is 0 Å². The first-order chi connectivity index (χ1) is 16.9. The van der Waals surface area contributed by atoms with E-state index in [9.17, 15) is 0 Å². The molecule has 0 N–H and O–H groups in total. The quantitative estimate of drug-likeness (QED) is 0.415. The molecule has 0 radical (unpaired) electrons. The molecule has 0 nitrogen and oxygen atoms in total. The van der Waals surface area contributed by atoms with Crippen molar-refractivity contribution in [2.45, 2.75) is 71.6 Å². The van der Waals surface area contributed by atoms with Crippen molar-refractivity contribution in [1.29, 1.82) is 0 Å². The molecule has 182 valence electrons. The molecule has 0 aromatic heterocycles. The lowest BCUT2D eigenvalue weighted by Crippen LogP contribution is -2.23. The normalized spacial score (nSPS) is 31.1. The van der Waals surface area contributed by atoms with Crippen molar-refractivity contribution in [1.82, 2.24) is 0 Å². The van der Waals surface area contributed by atoms with E-state index in [0.717, 1.165) is 30.6 Å². The first-order valence-corrected chi connectivity index (χ1v) is 13.9. The number of hydrogen-bond donors (Lipinski definition) is 0. The van der Waals surface area contributed by atoms with Gasteiger partial charge < -0.3 is 0 Å². The van der Waals surface area contributed by atoms with Crippen LogP contribution in [-0.4, -0.2) is 0 Å². The molecule has 0 bridgehead atoms. The lowest BCUT2D eigenvalue weighted by Gasteiger charge is -2.33. The first kappa shape index (κ1) is 22.8. The highest BCUT2D eigenvalue weighted by molar-refractivity contribution is 5.65. The Balaban J connectivity index is 0.00000267. The molecule has 3 unspecified atom stereocenters. The van der Waals surface area contributed by atoms with Gasteiger partial charge in [0, 0.05) is 7.34 Å². The zero-order chi connectivity index (χ0) is 24.2. The summed E-state index contributed by atoms with van der Waals surface area (Å²) in [6.45, 7) is 11.4. The number of fused-ring (bicyclic) bond motifs is 2. The fourth-order valence-electron chi connectivity index (χ4n) is 7.38. The van der Waals surface area contributed by atoms with Crippen LogP contribution in [0, 0.1) is 37.0 Å². The fourth-order valence-corrected chi connectivity index (χ4v) is 7.38. The van der Waals surface area contributed by atoms with E-state index in [4.69, 9.17) is 0 Å². The van der Waals surface area contributed by atoms with Gasteiger partial charge in [0.25, 0.3) is 0 Å². The van der Waals surface area contributed by atoms with E-state index < -0.39 is 0 Å². The molecule has 2 fully saturated rings. The summed E-state index contributed by atoms with van der Waals surface area (Å²) in [6, 6.07) is 13.8. The summed E-state index contributed by atoms with van der Waals surface area (Å²) >= 11 is 0. The maximum Gasteiger partial charge on any atom is 0.0130 e. The Hall–Kier alpha value is -2.60. The number of rotatable bonds is 5. The minimum Gasteiger partial charge on any atom is -0.0952 e. The van der Waals surface area contributed by atoms with E-state index in [1.807, 2.05) is 0 Å². The number of allylic oxidation sites excluding steroid dienone is 6. The van der Waals surface area contributed by atoms with Crippen LogP contribution in [0.2, 0.25) is 0 Å². The second kappa shape index (κ2) is 8.81. The Morgan fingerprint density at radius 3 is 2.49 bits per heavy atom. The van der Waals surface area contributed by atoms with Crippen LogP contribution < -0.4 is 0 Å². The Morgan fingerprint density at radius 1 is 0.971 bits per heavy atom. The van der Waals surface area contributed by atoms with E-state index in [0.29, 0.717) is 11.3 Å². The summed E-state index contributed by atoms with van der Waals surface area (Å²) in [5, 5.41) is 0. The SMILES string of the molecule is C=C1C=Cc2ccc(CC3=CC4CC4(C4CCC(C)CC4)C=C3)cc2C1Cc1c(C)cccc1C.[HH]. The average molecular weight is 463 g/mol. The molecule has 6 rings (SSSR count). The Bertz CT molecular complexity index is 1230. The van der Waals surface area contributed by atoms with Gasteiger partial charge in [0.15, 0.2) is 0 Å². The van der Waals surface area contributed by atoms with Gasteiger partial charge in [0.1, 0.15) is 0 Å². The molecule has 0 aliphatic heterocycles. The van der Waals surface area contributed by atoms with E-state index in [1.165, 1.54) is 76.6 Å². The molecular weight excluding hydrogens is 420 g/mol. The third-order valence-electron chi connectivity index (χ3n) is 9.81. The minimum atomic E-state index is 0. The summed E-state index contributed by atoms with van der Waals surface area (Å²) in [5.74, 6) is 3.00. The molecule has 0 heteroatoms. The van der Waals surface area contributed by atoms with Crippen LogP contribution >= 0.6 is 0 Å². The first-order valence-electron chi connectivity index (χ1n) is 13.9. The highest BCUT2D eigenvalue weighted by Crippen LogP contribution is 2.65. The Labute approximate surface area is 214 Å². The summed E-state index contributed by atoms with van der Waals surface area (Å²) in [7, 11) is 0. The monoisotopic (exact) mass is 462 g/mol. The van der Waals surface area contributed by atoms with Gasteiger partial charge in [-0.15, -0.1) is 0 Å². The van der Waals surface area contributed by atoms with Gasteiger partial charge in [-0.1, -0.05) is 93.1 Å². The third kappa shape index (κ3) is 4.20. The Kier molecular flexibility index (Phi) is 5.75. The van der Waals surface area contributed by atoms with Crippen molar-refractivity contribution in [2.75, 3.05) is 0 Å². The van der Waals surface area contributed by atoms with Crippen molar-refractivity contribution in [3.05, 3.63) is 112 Å². The van der Waals surface area contributed by atoms with Gasteiger partial charge in [-0.3, -0.25) is 0 Å². The lowest BCUT2D eigenvalue weighted by molar-refractivity contribution is 0.219. The molecule has 0 spiro atoms. The maximum atomic E-state index is 4.46. The van der Waals surface area contributed by atoms with Crippen LogP contribution in [-0.2, 0) is 12.8 Å². The molecular formula is C35H42. The van der Waals surface area contributed by atoms with Crippen LogP contribution in [0.25, 0.3) is 6.08 Å². The number of benzene rings is 2. The van der Waals surface area contributed by atoms with Crippen molar-refractivity contribution in [2.24, 2.45) is 23.2 Å². The van der Waals surface area contributed by atoms with Gasteiger partial charge in [-0.05, 0) is 114 Å². The van der Waals surface area contributed by atoms with Crippen LogP contribution in [0.4, 0.5) is 0 Å². The topological polar surface area (TPSA) is 0 Å². The minimum absolute atomic E-state index is 0. The standard InChI is InChI=1S/C35H40.H2/c1-23-8-14-30(15-9-23)35-17-16-28(19-31(35)22-35)18-27-11-13-29-12-10-26(4)33(34(29)20-27)21-32-24(2)6-5-7-25(32)3;/h5-7,10-13,16-17,19-20,23,30-31,33H,4,8-9,14-15,18,21-22H2,1-3H3;1H. The molecule has 35 heavy (non-hydrogen) atoms. The van der Waals surface area contributed by atoms with Gasteiger partial charge in [0.2, 0.25) is 0 Å². The van der Waals surface area contributed by atoms with Gasteiger partial charge in [-0.2, -0.15) is 0 Å². The van der Waals surface area contributed by atoms with Crippen molar-refractivity contribution < 1.29 is 1.43 Å². The molecule has 4 aliphatic carbocycles. The lowest BCUT2D eigenvalue weighted by atomic mass is 9.72. The maximum absolute atomic E-state index is 4.46. The third-order valence-corrected chi connectivity index (χ3v) is 9.81. The summed E-state index contributed by atoms with van der Waals surface area (Å²) in [5.41, 5.74) is 11.8. The van der Waals surface area contributed by atoms with Gasteiger partial charge in [0.05, 0.1) is 0 Å². The molecule has 2 saturated carbocycles. The molecule has 0 heterocycles. The van der Waals surface area contributed by atoms with Crippen LogP contribution in [0.1, 0.15) is 79.8 Å². The summed E-state index contributed by atoms with van der Waals surface area (Å²) in [6.07, 6.45) is 21.4. The van der Waals surface area contributed by atoms with Gasteiger partial charge in [-0.25, -0.2) is 0 Å². The molecule has 0 amide bonds. The van der Waals surface area contributed by atoms with Crippen molar-refractivity contribution >= 4 is 6.08 Å². The number of aryl methyl sites for hydroxylation is 2. The second-order valence-electron chi connectivity index (χ2n) is 12.1. The number of hydrogen-bond acceptors (Lipinski definition) is 0. The van der Waals surface area contributed by atoms with Crippen LogP contribution in [0.3, 0.4) is 0 Å². The largest absolute Gasteiger partial charge is 0.0952 e. The molecule has 2 aromatic carbocycles. The summed E-state index contributed by atoms with van der Waals surface area (Å²) in [4.78, 5) is 0. The molecule has 2 aromatic rings. The highest BCUT2D eigenvalue weighted by atomic mass is 14.6. The van der Waals surface area contributed by atoms with Crippen LogP contribution in [0.15, 0.2) is 78.4 Å². The predicted octanol–water partition coefficient (Wildman–Crippen LogP) is 9.33. The molecule has 3 atom stereocenters. The zero-order valence-corrected chi connectivity index (χ0v) is 21.8. The highest BCUT2D eigenvalue weighted by Gasteiger charge is 2.56. The second-order valence-corrected chi connectivity index (χ2v) is 12.1. The molecule has 0 saturated heterocycles. The molecule has 4 aliphatic rings. The average Bonchev–Trinajstić information content (AvgIpc) is 3.58. The fraction of sp³-hybridized carbons (Fsp3) is 0.429. The van der Waals surface area contributed by atoms with E-state index in [2.05, 4.69) is 94.1 Å². The smallest absolute Gasteiger partial charge is 0.0130 e. The van der Waals surface area contributed by atoms with E-state index in [-0.39, 0.29) is 1.43 Å². The zero-order valence-electron chi connectivity index (χ0n) is 21.8. The summed E-state index contributed by atoms with van der Waals surface area (Å²) < 4.78 is 0. The predicted molar refractivity (Wildman–Crippen MR) is 152 cm³/mol. The van der Waals surface area contributed by atoms with Gasteiger partial charge >= 0.3 is 0 Å². The van der Waals surface area contributed by atoms with E-state index in [1.54, 1.807) is 0 Å². The van der Waals surface area contributed by atoms with Crippen molar-refractivity contribution in [3.63, 3.8) is 0 Å². The van der Waals surface area contributed by atoms with E-state index >= 15 is 0 Å².